The maximum absolute atomic E-state index is 14.6. The summed E-state index contributed by atoms with van der Waals surface area (Å²) in [6, 6.07) is 8.93. The molecule has 0 N–H and O–H groups in total. The van der Waals surface area contributed by atoms with Crippen LogP contribution < -0.4 is 4.31 Å². The third-order valence-electron chi connectivity index (χ3n) is 4.23. The molecule has 0 aliphatic rings. The second-order valence-electron chi connectivity index (χ2n) is 6.27. The van der Waals surface area contributed by atoms with Crippen LogP contribution in [0.25, 0.3) is 0 Å². The lowest BCUT2D eigenvalue weighted by Crippen LogP contribution is -2.39. The molecule has 154 valence electrons. The van der Waals surface area contributed by atoms with Gasteiger partial charge in [-0.05, 0) is 69.2 Å². The van der Waals surface area contributed by atoms with E-state index in [4.69, 9.17) is 23.2 Å². The highest BCUT2D eigenvalue weighted by Gasteiger charge is 2.31. The highest BCUT2D eigenvalue weighted by atomic mass is 35.5. The summed E-state index contributed by atoms with van der Waals surface area (Å²) < 4.78 is 53.9. The van der Waals surface area contributed by atoms with Crippen LogP contribution in [0.3, 0.4) is 0 Å². The average molecular weight is 466 g/mol. The van der Waals surface area contributed by atoms with E-state index in [9.17, 15) is 17.4 Å². The minimum atomic E-state index is -4.07. The lowest BCUT2D eigenvalue weighted by molar-refractivity contribution is 0.556. The van der Waals surface area contributed by atoms with E-state index < -0.39 is 33.1 Å². The van der Waals surface area contributed by atoms with Gasteiger partial charge in [-0.1, -0.05) is 34.4 Å². The van der Waals surface area contributed by atoms with E-state index in [0.29, 0.717) is 29.4 Å². The van der Waals surface area contributed by atoms with Crippen molar-refractivity contribution in [2.24, 2.45) is 0 Å². The Morgan fingerprint density at radius 1 is 1.14 bits per heavy atom. The molecule has 0 saturated carbocycles. The zero-order valence-electron chi connectivity index (χ0n) is 15.6. The predicted octanol–water partition coefficient (Wildman–Crippen LogP) is 5.27. The minimum absolute atomic E-state index is 0.000241. The van der Waals surface area contributed by atoms with Crippen LogP contribution in [0.2, 0.25) is 10.0 Å². The van der Waals surface area contributed by atoms with E-state index in [1.807, 2.05) is 6.92 Å². The monoisotopic (exact) mass is 465 g/mol. The SMILES string of the molecule is CC[S@@+]([O-])CCCC(C)N(c1cc(Cl)ccc1F)S(=O)(=O)c1ccc(Cl)cc1. The molecule has 2 aromatic rings. The van der Waals surface area contributed by atoms with Crippen LogP contribution in [-0.4, -0.2) is 30.5 Å². The van der Waals surface area contributed by atoms with Crippen molar-refractivity contribution in [3.05, 3.63) is 58.3 Å². The predicted molar refractivity (Wildman–Crippen MR) is 115 cm³/mol. The molecule has 2 atom stereocenters. The zero-order chi connectivity index (χ0) is 20.9. The number of rotatable bonds is 9. The van der Waals surface area contributed by atoms with Crippen molar-refractivity contribution in [3.63, 3.8) is 0 Å². The molecule has 0 saturated heterocycles. The first-order valence-electron chi connectivity index (χ1n) is 8.76. The van der Waals surface area contributed by atoms with E-state index in [0.717, 1.165) is 10.4 Å². The number of sulfonamides is 1. The van der Waals surface area contributed by atoms with E-state index in [2.05, 4.69) is 0 Å². The Bertz CT molecular complexity index is 895. The van der Waals surface area contributed by atoms with Gasteiger partial charge in [-0.3, -0.25) is 4.31 Å². The van der Waals surface area contributed by atoms with Gasteiger partial charge in [-0.25, -0.2) is 12.8 Å². The number of halogens is 3. The first kappa shape index (κ1) is 23.3. The van der Waals surface area contributed by atoms with Gasteiger partial charge in [0.1, 0.15) is 17.3 Å². The van der Waals surface area contributed by atoms with Crippen molar-refractivity contribution in [1.82, 2.24) is 0 Å². The largest absolute Gasteiger partial charge is 0.616 e. The smallest absolute Gasteiger partial charge is 0.264 e. The number of anilines is 1. The highest BCUT2D eigenvalue weighted by Crippen LogP contribution is 2.32. The number of nitrogens with zero attached hydrogens (tertiary/aromatic N) is 1. The summed E-state index contributed by atoms with van der Waals surface area (Å²) in [5, 5.41) is 0.626. The highest BCUT2D eigenvalue weighted by molar-refractivity contribution is 7.93. The van der Waals surface area contributed by atoms with Crippen LogP contribution in [0.15, 0.2) is 47.4 Å². The molecule has 0 radical (unpaired) electrons. The molecule has 0 aliphatic carbocycles. The summed E-state index contributed by atoms with van der Waals surface area (Å²) in [5.41, 5.74) is -0.119. The Morgan fingerprint density at radius 3 is 2.36 bits per heavy atom. The summed E-state index contributed by atoms with van der Waals surface area (Å²) in [4.78, 5) is 0.000241. The van der Waals surface area contributed by atoms with Crippen molar-refractivity contribution < 1.29 is 17.4 Å². The van der Waals surface area contributed by atoms with Gasteiger partial charge in [-0.2, -0.15) is 0 Å². The van der Waals surface area contributed by atoms with E-state index >= 15 is 0 Å². The normalized spacial score (nSPS) is 13.9. The molecule has 2 rings (SSSR count). The van der Waals surface area contributed by atoms with Crippen LogP contribution >= 0.6 is 23.2 Å². The fourth-order valence-electron chi connectivity index (χ4n) is 2.78. The van der Waals surface area contributed by atoms with Crippen molar-refractivity contribution in [2.45, 2.75) is 37.6 Å². The summed E-state index contributed by atoms with van der Waals surface area (Å²) >= 11 is 10.9. The molecule has 0 bridgehead atoms. The van der Waals surface area contributed by atoms with Gasteiger partial charge in [0.15, 0.2) is 0 Å². The molecule has 1 unspecified atom stereocenters. The Kier molecular flexibility index (Phi) is 8.45. The van der Waals surface area contributed by atoms with Gasteiger partial charge in [0.2, 0.25) is 0 Å². The van der Waals surface area contributed by atoms with Gasteiger partial charge < -0.3 is 4.55 Å². The van der Waals surface area contributed by atoms with Crippen LogP contribution in [-0.2, 0) is 21.2 Å². The second kappa shape index (κ2) is 10.2. The van der Waals surface area contributed by atoms with Crippen molar-refractivity contribution in [2.75, 3.05) is 15.8 Å². The molecule has 2 aromatic carbocycles. The maximum atomic E-state index is 14.6. The first-order valence-corrected chi connectivity index (χ1v) is 12.4. The van der Waals surface area contributed by atoms with Crippen molar-refractivity contribution in [3.8, 4) is 0 Å². The Hall–Kier alpha value is -0.990. The first-order chi connectivity index (χ1) is 13.2. The number of hydrogen-bond acceptors (Lipinski definition) is 3. The maximum Gasteiger partial charge on any atom is 0.264 e. The van der Waals surface area contributed by atoms with Gasteiger partial charge in [0, 0.05) is 16.1 Å². The van der Waals surface area contributed by atoms with Gasteiger partial charge in [-0.15, -0.1) is 0 Å². The molecule has 9 heteroatoms. The molecule has 4 nitrogen and oxygen atoms in total. The van der Waals surface area contributed by atoms with E-state index in [1.54, 1.807) is 6.92 Å². The fourth-order valence-corrected chi connectivity index (χ4v) is 5.53. The molecular weight excluding hydrogens is 444 g/mol. The average Bonchev–Trinajstić information content (AvgIpc) is 2.64. The summed E-state index contributed by atoms with van der Waals surface area (Å²) in [5.74, 6) is 0.323. The Morgan fingerprint density at radius 2 is 1.75 bits per heavy atom. The summed E-state index contributed by atoms with van der Waals surface area (Å²) in [6.45, 7) is 3.53. The van der Waals surface area contributed by atoms with Gasteiger partial charge >= 0.3 is 0 Å². The van der Waals surface area contributed by atoms with Crippen LogP contribution in [0, 0.1) is 5.82 Å². The Balaban J connectivity index is 2.43. The van der Waals surface area contributed by atoms with Crippen molar-refractivity contribution in [1.29, 1.82) is 0 Å². The lowest BCUT2D eigenvalue weighted by Gasteiger charge is -2.31. The summed E-state index contributed by atoms with van der Waals surface area (Å²) in [7, 11) is -4.07. The van der Waals surface area contributed by atoms with Crippen LogP contribution in [0.5, 0.6) is 0 Å². The van der Waals surface area contributed by atoms with E-state index in [-0.39, 0.29) is 15.6 Å². The quantitative estimate of drug-likeness (QED) is 0.474. The molecule has 28 heavy (non-hydrogen) atoms. The topological polar surface area (TPSA) is 60.4 Å². The van der Waals surface area contributed by atoms with Crippen LogP contribution in [0.1, 0.15) is 26.7 Å². The third-order valence-corrected chi connectivity index (χ3v) is 8.05. The standard InChI is InChI=1S/C19H22Cl2FNO3S2/c1-3-27(24)12-4-5-14(2)23(19-13-16(21)8-11-18(19)22)28(25,26)17-9-6-15(20)7-10-17/h6-11,13-14H,3-5,12H2,1-2H3/t14?,27-/m1/s1. The molecule has 0 aromatic heterocycles. The van der Waals surface area contributed by atoms with Gasteiger partial charge in [0.25, 0.3) is 10.0 Å². The third kappa shape index (κ3) is 5.76. The van der Waals surface area contributed by atoms with Crippen molar-refractivity contribution >= 4 is 50.1 Å². The molecular formula is C19H22Cl2FNO3S2. The number of hydrogen-bond donors (Lipinski definition) is 0. The second-order valence-corrected chi connectivity index (χ2v) is 10.8. The molecule has 0 amide bonds. The minimum Gasteiger partial charge on any atom is -0.616 e. The van der Waals surface area contributed by atoms with E-state index in [1.165, 1.54) is 36.4 Å². The molecule has 0 fully saturated rings. The molecule has 0 heterocycles. The lowest BCUT2D eigenvalue weighted by atomic mass is 10.2. The summed E-state index contributed by atoms with van der Waals surface area (Å²) in [6.07, 6.45) is 0.973. The molecule has 0 aliphatic heterocycles. The van der Waals surface area contributed by atoms with Crippen LogP contribution in [0.4, 0.5) is 10.1 Å². The zero-order valence-corrected chi connectivity index (χ0v) is 18.7. The van der Waals surface area contributed by atoms with Gasteiger partial charge in [0.05, 0.1) is 10.6 Å². The Labute approximate surface area is 178 Å². The fraction of sp³-hybridized carbons (Fsp3) is 0.368. The number of benzene rings is 2. The molecule has 0 spiro atoms.